The number of ether oxygens (including phenoxy) is 2. The maximum Gasteiger partial charge on any atom is 0.227 e. The average Bonchev–Trinajstić information content (AvgIpc) is 2.66. The number of nitrogens with one attached hydrogen (secondary N) is 2. The minimum Gasteiger partial charge on any atom is -0.494 e. The predicted octanol–water partition coefficient (Wildman–Crippen LogP) is 4.24. The van der Waals surface area contributed by atoms with E-state index in [9.17, 15) is 4.79 Å². The summed E-state index contributed by atoms with van der Waals surface area (Å²) in [5.74, 6) is 2.26. The van der Waals surface area contributed by atoms with Gasteiger partial charge in [-0.3, -0.25) is 4.79 Å². The van der Waals surface area contributed by atoms with Gasteiger partial charge in [-0.15, -0.1) is 12.4 Å². The first-order valence-corrected chi connectivity index (χ1v) is 8.77. The lowest BCUT2D eigenvalue weighted by Gasteiger charge is -2.22. The molecular formula is C20H25ClN2O3. The van der Waals surface area contributed by atoms with E-state index < -0.39 is 0 Å². The molecule has 1 aliphatic heterocycles. The van der Waals surface area contributed by atoms with Crippen LogP contribution in [0.3, 0.4) is 0 Å². The van der Waals surface area contributed by atoms with Gasteiger partial charge in [0.1, 0.15) is 11.5 Å². The molecule has 0 bridgehead atoms. The van der Waals surface area contributed by atoms with Crippen LogP contribution >= 0.6 is 12.4 Å². The van der Waals surface area contributed by atoms with Gasteiger partial charge < -0.3 is 20.1 Å². The third-order valence-corrected chi connectivity index (χ3v) is 4.22. The zero-order valence-electron chi connectivity index (χ0n) is 14.9. The fourth-order valence-corrected chi connectivity index (χ4v) is 2.88. The van der Waals surface area contributed by atoms with Crippen LogP contribution in [-0.2, 0) is 4.79 Å². The highest BCUT2D eigenvalue weighted by Crippen LogP contribution is 2.31. The van der Waals surface area contributed by atoms with E-state index in [4.69, 9.17) is 9.47 Å². The summed E-state index contributed by atoms with van der Waals surface area (Å²) < 4.78 is 11.4. The molecule has 0 spiro atoms. The SMILES string of the molecule is CCOc1ccc(Oc2ccccc2NC(=O)C2CCNCC2)cc1.Cl. The Labute approximate surface area is 160 Å². The van der Waals surface area contributed by atoms with Crippen LogP contribution < -0.4 is 20.1 Å². The monoisotopic (exact) mass is 376 g/mol. The Morgan fingerprint density at radius 1 is 1.08 bits per heavy atom. The number of carbonyl (C=O) groups is 1. The molecule has 0 radical (unpaired) electrons. The van der Waals surface area contributed by atoms with Crippen molar-refractivity contribution in [3.8, 4) is 17.2 Å². The number of anilines is 1. The van der Waals surface area contributed by atoms with E-state index in [-0.39, 0.29) is 24.2 Å². The minimum atomic E-state index is 0. The molecule has 6 heteroatoms. The van der Waals surface area contributed by atoms with Gasteiger partial charge in [-0.1, -0.05) is 12.1 Å². The van der Waals surface area contributed by atoms with Crippen LogP contribution in [0.4, 0.5) is 5.69 Å². The normalized spacial score (nSPS) is 14.2. The molecule has 0 saturated carbocycles. The molecule has 5 nitrogen and oxygen atoms in total. The van der Waals surface area contributed by atoms with E-state index in [0.29, 0.717) is 23.8 Å². The predicted molar refractivity (Wildman–Crippen MR) is 106 cm³/mol. The van der Waals surface area contributed by atoms with E-state index in [1.165, 1.54) is 0 Å². The molecule has 3 rings (SSSR count). The van der Waals surface area contributed by atoms with Gasteiger partial charge in [-0.2, -0.15) is 0 Å². The van der Waals surface area contributed by atoms with Crippen molar-refractivity contribution in [1.29, 1.82) is 0 Å². The van der Waals surface area contributed by atoms with Gasteiger partial charge in [-0.25, -0.2) is 0 Å². The third-order valence-electron chi connectivity index (χ3n) is 4.22. The number of hydrogen-bond donors (Lipinski definition) is 2. The lowest BCUT2D eigenvalue weighted by Crippen LogP contribution is -2.34. The molecule has 1 fully saturated rings. The fourth-order valence-electron chi connectivity index (χ4n) is 2.88. The fraction of sp³-hybridized carbons (Fsp3) is 0.350. The average molecular weight is 377 g/mol. The lowest BCUT2D eigenvalue weighted by atomic mass is 9.97. The highest BCUT2D eigenvalue weighted by Gasteiger charge is 2.21. The number of rotatable bonds is 6. The second-order valence-corrected chi connectivity index (χ2v) is 6.02. The number of amides is 1. The standard InChI is InChI=1S/C20H24N2O3.ClH/c1-2-24-16-7-9-17(10-8-16)25-19-6-4-3-5-18(19)22-20(23)15-11-13-21-14-12-15;/h3-10,15,21H,2,11-14H2,1H3,(H,22,23);1H. The van der Waals surface area contributed by atoms with Crippen molar-refractivity contribution in [2.24, 2.45) is 5.92 Å². The molecule has 2 aromatic rings. The van der Waals surface area contributed by atoms with Gasteiger partial charge in [-0.05, 0) is 69.3 Å². The minimum absolute atomic E-state index is 0. The second kappa shape index (κ2) is 10.0. The number of carbonyl (C=O) groups excluding carboxylic acids is 1. The Balaban J connectivity index is 0.00000243. The summed E-state index contributed by atoms with van der Waals surface area (Å²) in [4.78, 5) is 12.5. The first kappa shape index (κ1) is 20.1. The van der Waals surface area contributed by atoms with Gasteiger partial charge >= 0.3 is 0 Å². The number of para-hydroxylation sites is 2. The molecule has 0 atom stereocenters. The summed E-state index contributed by atoms with van der Waals surface area (Å²) in [6.07, 6.45) is 1.74. The quantitative estimate of drug-likeness (QED) is 0.791. The van der Waals surface area contributed by atoms with E-state index in [2.05, 4.69) is 10.6 Å². The Kier molecular flexibility index (Phi) is 7.75. The molecule has 0 unspecified atom stereocenters. The van der Waals surface area contributed by atoms with E-state index >= 15 is 0 Å². The topological polar surface area (TPSA) is 59.6 Å². The van der Waals surface area contributed by atoms with Crippen molar-refractivity contribution in [2.75, 3.05) is 25.0 Å². The van der Waals surface area contributed by atoms with Crippen molar-refractivity contribution in [2.45, 2.75) is 19.8 Å². The largest absolute Gasteiger partial charge is 0.494 e. The Morgan fingerprint density at radius 3 is 2.42 bits per heavy atom. The van der Waals surface area contributed by atoms with E-state index in [1.807, 2.05) is 55.5 Å². The summed E-state index contributed by atoms with van der Waals surface area (Å²) in [5.41, 5.74) is 0.694. The van der Waals surface area contributed by atoms with Crippen LogP contribution in [0.5, 0.6) is 17.2 Å². The van der Waals surface area contributed by atoms with Gasteiger partial charge in [0.2, 0.25) is 5.91 Å². The number of benzene rings is 2. The Bertz CT molecular complexity index is 700. The van der Waals surface area contributed by atoms with Crippen LogP contribution in [0, 0.1) is 5.92 Å². The summed E-state index contributed by atoms with van der Waals surface area (Å²) in [5, 5.41) is 6.29. The van der Waals surface area contributed by atoms with Crippen molar-refractivity contribution < 1.29 is 14.3 Å². The summed E-state index contributed by atoms with van der Waals surface area (Å²) in [7, 11) is 0. The molecule has 140 valence electrons. The molecule has 1 saturated heterocycles. The maximum absolute atomic E-state index is 12.5. The van der Waals surface area contributed by atoms with Gasteiger partial charge in [0, 0.05) is 5.92 Å². The molecule has 2 aromatic carbocycles. The van der Waals surface area contributed by atoms with E-state index in [1.54, 1.807) is 0 Å². The van der Waals surface area contributed by atoms with Crippen molar-refractivity contribution >= 4 is 24.0 Å². The second-order valence-electron chi connectivity index (χ2n) is 6.02. The summed E-state index contributed by atoms with van der Waals surface area (Å²) >= 11 is 0. The van der Waals surface area contributed by atoms with E-state index in [0.717, 1.165) is 31.7 Å². The maximum atomic E-state index is 12.5. The van der Waals surface area contributed by atoms with Crippen LogP contribution in [0.15, 0.2) is 48.5 Å². The molecular weight excluding hydrogens is 352 g/mol. The highest BCUT2D eigenvalue weighted by atomic mass is 35.5. The van der Waals surface area contributed by atoms with Crippen molar-refractivity contribution in [3.05, 3.63) is 48.5 Å². The first-order chi connectivity index (χ1) is 12.3. The molecule has 26 heavy (non-hydrogen) atoms. The number of halogens is 1. The highest BCUT2D eigenvalue weighted by molar-refractivity contribution is 5.94. The summed E-state index contributed by atoms with van der Waals surface area (Å²) in [6, 6.07) is 15.0. The molecule has 2 N–H and O–H groups in total. The van der Waals surface area contributed by atoms with Crippen molar-refractivity contribution in [3.63, 3.8) is 0 Å². The molecule has 0 aromatic heterocycles. The number of hydrogen-bond acceptors (Lipinski definition) is 4. The van der Waals surface area contributed by atoms with Crippen LogP contribution in [0.25, 0.3) is 0 Å². The number of piperidine rings is 1. The summed E-state index contributed by atoms with van der Waals surface area (Å²) in [6.45, 7) is 4.36. The zero-order chi connectivity index (χ0) is 17.5. The van der Waals surface area contributed by atoms with Crippen LogP contribution in [-0.4, -0.2) is 25.6 Å². The third kappa shape index (κ3) is 5.38. The Hall–Kier alpha value is -2.24. The molecule has 1 heterocycles. The van der Waals surface area contributed by atoms with Gasteiger partial charge in [0.05, 0.1) is 12.3 Å². The lowest BCUT2D eigenvalue weighted by molar-refractivity contribution is -0.120. The van der Waals surface area contributed by atoms with Crippen LogP contribution in [0.2, 0.25) is 0 Å². The van der Waals surface area contributed by atoms with Gasteiger partial charge in [0.15, 0.2) is 5.75 Å². The molecule has 1 aliphatic rings. The van der Waals surface area contributed by atoms with Crippen LogP contribution in [0.1, 0.15) is 19.8 Å². The molecule has 0 aliphatic carbocycles. The zero-order valence-corrected chi connectivity index (χ0v) is 15.7. The van der Waals surface area contributed by atoms with Gasteiger partial charge in [0.25, 0.3) is 0 Å². The smallest absolute Gasteiger partial charge is 0.227 e. The Morgan fingerprint density at radius 2 is 1.73 bits per heavy atom. The van der Waals surface area contributed by atoms with Crippen molar-refractivity contribution in [1.82, 2.24) is 5.32 Å². The molecule has 1 amide bonds. The first-order valence-electron chi connectivity index (χ1n) is 8.77.